The molecule has 59 heteroatoms. The Morgan fingerprint density at radius 3 is 0.482 bits per heavy atom. The highest BCUT2D eigenvalue weighted by molar-refractivity contribution is 5.86. The van der Waals surface area contributed by atoms with Gasteiger partial charge < -0.3 is 4.74 Å². The van der Waals surface area contributed by atoms with Crippen molar-refractivity contribution in [2.45, 2.75) is 126 Å². The number of hydrogen-bond donors (Lipinski definition) is 0. The third kappa shape index (κ3) is 34.5. The number of halogens is 39. The molecular weight excluding hydrogens is 1350 g/mol. The molecule has 0 bridgehead atoms. The van der Waals surface area contributed by atoms with Gasteiger partial charge in [-0.3, -0.25) is 0 Å². The molecule has 20 nitrogen and oxygen atoms in total. The van der Waals surface area contributed by atoms with E-state index in [0.717, 1.165) is 6.92 Å². The molecule has 0 aliphatic rings. The zero-order valence-electron chi connectivity index (χ0n) is 35.8. The largest absolute Gasteiger partial charge is 0.529 e. The van der Waals surface area contributed by atoms with E-state index in [2.05, 4.69) is 16.1 Å². The molecule has 496 valence electrons. The van der Waals surface area contributed by atoms with Crippen molar-refractivity contribution in [2.24, 2.45) is 0 Å². The van der Waals surface area contributed by atoms with Crippen LogP contribution in [-0.2, 0) is 94.8 Å². The zero-order valence-corrected chi connectivity index (χ0v) is 35.8. The molecule has 0 aromatic heterocycles. The summed E-state index contributed by atoms with van der Waals surface area (Å²) in [5.41, 5.74) is -0.755. The number of carbonyl (C=O) groups is 1. The van der Waals surface area contributed by atoms with E-state index in [4.69, 9.17) is 0 Å². The van der Waals surface area contributed by atoms with Gasteiger partial charge in [-0.05, 0) is 6.92 Å². The Balaban J connectivity index is 5.81. The quantitative estimate of drug-likeness (QED) is 0.0245. The van der Waals surface area contributed by atoms with Gasteiger partial charge in [0.25, 0.3) is 0 Å². The number of alkyl halides is 39. The van der Waals surface area contributed by atoms with Gasteiger partial charge in [0.15, 0.2) is 6.61 Å². The van der Waals surface area contributed by atoms with Crippen LogP contribution in [0.15, 0.2) is 12.2 Å². The lowest BCUT2D eigenvalue weighted by Gasteiger charge is -2.31. The van der Waals surface area contributed by atoms with Gasteiger partial charge in [-0.2, -0.15) is 13.5 Å². The summed E-state index contributed by atoms with van der Waals surface area (Å²) in [4.78, 5) is 11.0. The Hall–Kier alpha value is -4.24. The molecule has 0 saturated carbocycles. The summed E-state index contributed by atoms with van der Waals surface area (Å²) in [6.45, 7) is 0.824. The van der Waals surface area contributed by atoms with Gasteiger partial charge in [-0.25, -0.2) is 85.3 Å². The van der Waals surface area contributed by atoms with Gasteiger partial charge in [-0.1, -0.05) is 6.58 Å². The molecule has 0 spiro atoms. The molecule has 0 N–H and O–H groups in total. The number of carbonyl (C=O) groups excluding carboxylic acids is 1. The molecule has 0 aromatic rings. The average molecular weight is 1360 g/mol. The van der Waals surface area contributed by atoms with E-state index < -0.39 is 138 Å². The van der Waals surface area contributed by atoms with Crippen LogP contribution in [0, 0.1) is 0 Å². The number of rotatable bonds is 38. The van der Waals surface area contributed by atoms with Crippen LogP contribution in [0.1, 0.15) is 6.92 Å². The van der Waals surface area contributed by atoms with E-state index in [1.807, 2.05) is 4.74 Å². The van der Waals surface area contributed by atoms with Crippen LogP contribution in [0.25, 0.3) is 0 Å². The van der Waals surface area contributed by atoms with Crippen LogP contribution in [-0.4, -0.2) is 132 Å². The minimum absolute atomic E-state index is 0.724. The van der Waals surface area contributed by atoms with Crippen LogP contribution in [0.2, 0.25) is 0 Å². The average Bonchev–Trinajstić information content (AvgIpc) is 2.99. The molecule has 0 aromatic carbocycles. The van der Waals surface area contributed by atoms with Crippen LogP contribution in [0.3, 0.4) is 0 Å². The van der Waals surface area contributed by atoms with Crippen molar-refractivity contribution in [1.29, 1.82) is 0 Å². The van der Waals surface area contributed by atoms with E-state index in [-0.39, 0.29) is 0 Å². The Labute approximate surface area is 418 Å². The van der Waals surface area contributed by atoms with E-state index in [1.54, 1.807) is 23.7 Å². The van der Waals surface area contributed by atoms with Gasteiger partial charge in [-0.15, -0.1) is 162 Å². The predicted molar refractivity (Wildman–Crippen MR) is 140 cm³/mol. The van der Waals surface area contributed by atoms with Crippen LogP contribution in [0.4, 0.5) is 171 Å². The van der Waals surface area contributed by atoms with Crippen LogP contribution >= 0.6 is 0 Å². The molecule has 0 unspecified atom stereocenters. The van der Waals surface area contributed by atoms with E-state index in [1.165, 1.54) is 52.1 Å². The molecule has 0 fully saturated rings. The fourth-order valence-corrected chi connectivity index (χ4v) is 3.18. The number of ether oxygens (including phenoxy) is 19. The molecular formula is C24H7F39O20. The minimum Gasteiger partial charge on any atom is -0.453 e. The summed E-state index contributed by atoms with van der Waals surface area (Å²) >= 11 is 0. The SMILES string of the molecule is C=C(C)C(=O)OCC(F)(F)OC(F)(F)OC(F)(F)OC(F)(F)OC(F)(F)OC(F)(F)OC(F)(F)OC(F)(F)OC(F)(F)OC(F)(F)OC(F)(F)OC(F)(F)OC(F)(F)OC(F)(F)OC(F)(F)OC(F)(F)OC(F)(F)OC(F)(F)OC(F)(F)F. The van der Waals surface area contributed by atoms with Crippen molar-refractivity contribution in [3.63, 3.8) is 0 Å². The summed E-state index contributed by atoms with van der Waals surface area (Å²) in [5.74, 6) is -1.84. The van der Waals surface area contributed by atoms with Gasteiger partial charge in [0.1, 0.15) is 0 Å². The lowest BCUT2D eigenvalue weighted by Crippen LogP contribution is -2.51. The van der Waals surface area contributed by atoms with Crippen LogP contribution in [0.5, 0.6) is 0 Å². The first-order chi connectivity index (χ1) is 35.6. The standard InChI is InChI=1S/C24H7F39O20/c1-4(2)5(64)65-3-6(25,26)66-8(30,31)68-10(34,35)70-12(38,39)72-14(42,43)74-16(46,47)76-18(50,51)78-20(54,55)80-22(58,59)82-24(62,63)83-23(60,61)81-21(56,57)79-19(52,53)77-17(48,49)75-15(44,45)73-13(40,41)71-11(36,37)69-9(32,33)67-7(27,28)29/h1,3H2,2H3. The Morgan fingerprint density at radius 1 is 0.241 bits per heavy atom. The highest BCUT2D eigenvalue weighted by Gasteiger charge is 2.68. The fourth-order valence-electron chi connectivity index (χ4n) is 3.18. The second-order valence-electron chi connectivity index (χ2n) is 12.2. The van der Waals surface area contributed by atoms with E-state index in [0.29, 0.717) is 0 Å². The summed E-state index contributed by atoms with van der Waals surface area (Å²) in [6.07, 6.45) is -138. The first kappa shape index (κ1) is 78.8. The maximum absolute atomic E-state index is 13.5. The first-order valence-electron chi connectivity index (χ1n) is 16.9. The Kier molecular flexibility index (Phi) is 23.6. The summed E-state index contributed by atoms with van der Waals surface area (Å²) in [7, 11) is 0. The Bertz CT molecular complexity index is 2140. The van der Waals surface area contributed by atoms with E-state index in [9.17, 15) is 176 Å². The van der Waals surface area contributed by atoms with Crippen molar-refractivity contribution >= 4 is 5.97 Å². The summed E-state index contributed by atoms with van der Waals surface area (Å²) in [6, 6.07) is 0. The van der Waals surface area contributed by atoms with Gasteiger partial charge in [0, 0.05) is 5.57 Å². The lowest BCUT2D eigenvalue weighted by atomic mass is 10.4. The van der Waals surface area contributed by atoms with Crippen molar-refractivity contribution in [2.75, 3.05) is 6.61 Å². The van der Waals surface area contributed by atoms with Crippen molar-refractivity contribution in [3.8, 4) is 0 Å². The summed E-state index contributed by atoms with van der Waals surface area (Å²) in [5, 5.41) is 0. The lowest BCUT2D eigenvalue weighted by molar-refractivity contribution is -0.657. The zero-order chi connectivity index (χ0) is 66.8. The molecule has 0 rings (SSSR count). The maximum Gasteiger partial charge on any atom is 0.529 e. The third-order valence-corrected chi connectivity index (χ3v) is 5.02. The molecule has 0 radical (unpaired) electrons. The smallest absolute Gasteiger partial charge is 0.453 e. The molecule has 0 saturated heterocycles. The van der Waals surface area contributed by atoms with Gasteiger partial charge in [0.2, 0.25) is 0 Å². The first-order valence-corrected chi connectivity index (χ1v) is 16.9. The second kappa shape index (κ2) is 24.9. The normalized spacial score (nSPS) is 15.8. The predicted octanol–water partition coefficient (Wildman–Crippen LogP) is 11.9. The van der Waals surface area contributed by atoms with Crippen molar-refractivity contribution < 1.29 is 266 Å². The third-order valence-electron chi connectivity index (χ3n) is 5.02. The molecule has 0 amide bonds. The molecule has 0 atom stereocenters. The molecule has 83 heavy (non-hydrogen) atoms. The highest BCUT2D eigenvalue weighted by atomic mass is 19.4. The van der Waals surface area contributed by atoms with Gasteiger partial charge in [0.05, 0.1) is 0 Å². The Morgan fingerprint density at radius 2 is 0.361 bits per heavy atom. The topological polar surface area (TPSA) is 192 Å². The van der Waals surface area contributed by atoms with Crippen LogP contribution < -0.4 is 0 Å². The van der Waals surface area contributed by atoms with Gasteiger partial charge >= 0.3 is 125 Å². The fraction of sp³-hybridized carbons (Fsp3) is 0.875. The van der Waals surface area contributed by atoms with Crippen molar-refractivity contribution in [1.82, 2.24) is 0 Å². The van der Waals surface area contributed by atoms with Crippen molar-refractivity contribution in [3.05, 3.63) is 12.2 Å². The summed E-state index contributed by atoms with van der Waals surface area (Å²) < 4.78 is 548. The highest BCUT2D eigenvalue weighted by Crippen LogP contribution is 2.47. The molecule has 0 aliphatic heterocycles. The number of hydrogen-bond acceptors (Lipinski definition) is 20. The molecule has 0 heterocycles. The molecule has 0 aliphatic carbocycles. The monoisotopic (exact) mass is 1360 g/mol. The van der Waals surface area contributed by atoms with E-state index >= 15 is 0 Å². The second-order valence-corrected chi connectivity index (χ2v) is 12.2. The maximum atomic E-state index is 13.5. The number of esters is 1. The minimum atomic E-state index is -7.61.